The lowest BCUT2D eigenvalue weighted by Crippen LogP contribution is -2.40. The Labute approximate surface area is 110 Å². The Kier molecular flexibility index (Phi) is 5.30. The fraction of sp³-hybridized carbons (Fsp3) is 0.500. The molecule has 0 spiro atoms. The smallest absolute Gasteiger partial charge is 0.308 e. The monoisotopic (exact) mass is 271 g/mol. The summed E-state index contributed by atoms with van der Waals surface area (Å²) in [7, 11) is 1.56. The van der Waals surface area contributed by atoms with Gasteiger partial charge >= 0.3 is 5.97 Å². The summed E-state index contributed by atoms with van der Waals surface area (Å²) in [5.74, 6) is -1.80. The Morgan fingerprint density at radius 2 is 2.17 bits per heavy atom. The lowest BCUT2D eigenvalue weighted by atomic mass is 10.0. The first-order chi connectivity index (χ1) is 8.47. The van der Waals surface area contributed by atoms with Crippen molar-refractivity contribution in [2.24, 2.45) is 5.92 Å². The molecule has 0 saturated heterocycles. The number of hydrogen-bond donors (Lipinski definition) is 2. The van der Waals surface area contributed by atoms with Crippen LogP contribution in [-0.4, -0.2) is 30.1 Å². The van der Waals surface area contributed by atoms with Gasteiger partial charge in [-0.2, -0.15) is 0 Å². The standard InChI is InChI=1S/C12H17NO4S/c1-7(12(15)16)8(2)13-11(14)10-9(6-17-3)4-5-18-10/h4-5,7-8H,6H2,1-3H3,(H,13,14)(H,15,16). The zero-order valence-corrected chi connectivity index (χ0v) is 11.4. The van der Waals surface area contributed by atoms with Crippen molar-refractivity contribution < 1.29 is 19.4 Å². The molecule has 0 aromatic carbocycles. The summed E-state index contributed by atoms with van der Waals surface area (Å²) < 4.78 is 5.00. The van der Waals surface area contributed by atoms with Gasteiger partial charge in [-0.05, 0) is 25.3 Å². The second-order valence-electron chi connectivity index (χ2n) is 4.10. The van der Waals surface area contributed by atoms with Crippen molar-refractivity contribution >= 4 is 23.2 Å². The maximum Gasteiger partial charge on any atom is 0.308 e. The predicted molar refractivity (Wildman–Crippen MR) is 68.8 cm³/mol. The van der Waals surface area contributed by atoms with Crippen LogP contribution in [-0.2, 0) is 16.1 Å². The van der Waals surface area contributed by atoms with Crippen molar-refractivity contribution in [2.45, 2.75) is 26.5 Å². The van der Waals surface area contributed by atoms with Crippen LogP contribution in [0.15, 0.2) is 11.4 Å². The Hall–Kier alpha value is -1.40. The van der Waals surface area contributed by atoms with E-state index in [-0.39, 0.29) is 5.91 Å². The van der Waals surface area contributed by atoms with Crippen LogP contribution in [0.2, 0.25) is 0 Å². The number of carbonyl (C=O) groups excluding carboxylic acids is 1. The van der Waals surface area contributed by atoms with E-state index < -0.39 is 17.9 Å². The van der Waals surface area contributed by atoms with Gasteiger partial charge in [-0.15, -0.1) is 11.3 Å². The number of rotatable bonds is 6. The highest BCUT2D eigenvalue weighted by atomic mass is 32.1. The number of ether oxygens (including phenoxy) is 1. The first-order valence-electron chi connectivity index (χ1n) is 5.56. The minimum atomic E-state index is -0.925. The average Bonchev–Trinajstić information content (AvgIpc) is 2.76. The van der Waals surface area contributed by atoms with Gasteiger partial charge in [-0.1, -0.05) is 0 Å². The van der Waals surface area contributed by atoms with Gasteiger partial charge in [0.2, 0.25) is 0 Å². The van der Waals surface area contributed by atoms with Crippen molar-refractivity contribution in [2.75, 3.05) is 7.11 Å². The third kappa shape index (κ3) is 3.54. The second-order valence-corrected chi connectivity index (χ2v) is 5.01. The van der Waals surface area contributed by atoms with Gasteiger partial charge in [-0.3, -0.25) is 9.59 Å². The molecule has 2 atom stereocenters. The highest BCUT2D eigenvalue weighted by molar-refractivity contribution is 7.12. The van der Waals surface area contributed by atoms with Crippen LogP contribution in [0, 0.1) is 5.92 Å². The van der Waals surface area contributed by atoms with Crippen molar-refractivity contribution in [1.29, 1.82) is 0 Å². The van der Waals surface area contributed by atoms with Crippen LogP contribution in [0.25, 0.3) is 0 Å². The predicted octanol–water partition coefficient (Wildman–Crippen LogP) is 1.73. The number of carboxylic acids is 1. The number of methoxy groups -OCH3 is 1. The fourth-order valence-corrected chi connectivity index (χ4v) is 2.23. The van der Waals surface area contributed by atoms with Crippen molar-refractivity contribution in [3.05, 3.63) is 21.9 Å². The molecule has 0 aliphatic heterocycles. The molecule has 2 unspecified atom stereocenters. The van der Waals surface area contributed by atoms with Gasteiger partial charge in [-0.25, -0.2) is 0 Å². The van der Waals surface area contributed by atoms with E-state index >= 15 is 0 Å². The molecule has 0 fully saturated rings. The van der Waals surface area contributed by atoms with E-state index in [9.17, 15) is 9.59 Å². The first kappa shape index (κ1) is 14.7. The lowest BCUT2D eigenvalue weighted by molar-refractivity contribution is -0.141. The molecule has 1 heterocycles. The quantitative estimate of drug-likeness (QED) is 0.826. The van der Waals surface area contributed by atoms with E-state index in [0.717, 1.165) is 5.56 Å². The summed E-state index contributed by atoms with van der Waals surface area (Å²) in [6.07, 6.45) is 0. The van der Waals surface area contributed by atoms with Gasteiger partial charge in [0.1, 0.15) is 0 Å². The van der Waals surface area contributed by atoms with Crippen molar-refractivity contribution in [3.63, 3.8) is 0 Å². The van der Waals surface area contributed by atoms with E-state index in [1.54, 1.807) is 21.0 Å². The fourth-order valence-electron chi connectivity index (χ4n) is 1.42. The van der Waals surface area contributed by atoms with Gasteiger partial charge < -0.3 is 15.2 Å². The first-order valence-corrected chi connectivity index (χ1v) is 6.44. The number of aliphatic carboxylic acids is 1. The highest BCUT2D eigenvalue weighted by Gasteiger charge is 2.22. The molecule has 1 aromatic rings. The third-order valence-corrected chi connectivity index (χ3v) is 3.71. The number of nitrogens with one attached hydrogen (secondary N) is 1. The highest BCUT2D eigenvalue weighted by Crippen LogP contribution is 2.18. The van der Waals surface area contributed by atoms with Gasteiger partial charge in [0.15, 0.2) is 0 Å². The molecular formula is C12H17NO4S. The maximum absolute atomic E-state index is 12.0. The van der Waals surface area contributed by atoms with Crippen molar-refractivity contribution in [1.82, 2.24) is 5.32 Å². The summed E-state index contributed by atoms with van der Waals surface area (Å²) in [6, 6.07) is 1.40. The largest absolute Gasteiger partial charge is 0.481 e. The molecule has 18 heavy (non-hydrogen) atoms. The van der Waals surface area contributed by atoms with Crippen molar-refractivity contribution in [3.8, 4) is 0 Å². The Morgan fingerprint density at radius 1 is 1.50 bits per heavy atom. The molecule has 0 saturated carbocycles. The number of amides is 1. The molecule has 6 heteroatoms. The van der Waals surface area contributed by atoms with E-state index in [1.165, 1.54) is 11.3 Å². The molecule has 2 N–H and O–H groups in total. The number of carbonyl (C=O) groups is 2. The van der Waals surface area contributed by atoms with E-state index in [1.807, 2.05) is 11.4 Å². The van der Waals surface area contributed by atoms with Crippen LogP contribution in [0.4, 0.5) is 0 Å². The second kappa shape index (κ2) is 6.51. The minimum absolute atomic E-state index is 0.252. The van der Waals surface area contributed by atoms with Crippen LogP contribution in [0.5, 0.6) is 0 Å². The third-order valence-electron chi connectivity index (χ3n) is 2.75. The average molecular weight is 271 g/mol. The summed E-state index contributed by atoms with van der Waals surface area (Å²) in [4.78, 5) is 23.4. The number of thiophene rings is 1. The lowest BCUT2D eigenvalue weighted by Gasteiger charge is -2.17. The summed E-state index contributed by atoms with van der Waals surface area (Å²) in [6.45, 7) is 3.62. The number of hydrogen-bond acceptors (Lipinski definition) is 4. The zero-order valence-electron chi connectivity index (χ0n) is 10.6. The molecule has 0 aliphatic rings. The topological polar surface area (TPSA) is 75.6 Å². The minimum Gasteiger partial charge on any atom is -0.481 e. The Morgan fingerprint density at radius 3 is 2.72 bits per heavy atom. The molecular weight excluding hydrogens is 254 g/mol. The number of carboxylic acid groups (broad SMARTS) is 1. The molecule has 0 aliphatic carbocycles. The molecule has 1 amide bonds. The molecule has 1 rings (SSSR count). The van der Waals surface area contributed by atoms with Gasteiger partial charge in [0.05, 0.1) is 17.4 Å². The summed E-state index contributed by atoms with van der Waals surface area (Å²) in [5, 5.41) is 13.4. The van der Waals surface area contributed by atoms with E-state index in [2.05, 4.69) is 5.32 Å². The van der Waals surface area contributed by atoms with Crippen LogP contribution in [0.3, 0.4) is 0 Å². The summed E-state index contributed by atoms with van der Waals surface area (Å²) >= 11 is 1.32. The molecule has 0 radical (unpaired) electrons. The molecule has 5 nitrogen and oxygen atoms in total. The molecule has 1 aromatic heterocycles. The van der Waals surface area contributed by atoms with Crippen LogP contribution < -0.4 is 5.32 Å². The molecule has 0 bridgehead atoms. The van der Waals surface area contributed by atoms with Gasteiger partial charge in [0.25, 0.3) is 5.91 Å². The normalized spacial score (nSPS) is 13.9. The maximum atomic E-state index is 12.0. The summed E-state index contributed by atoms with van der Waals surface area (Å²) in [5.41, 5.74) is 0.815. The Balaban J connectivity index is 2.70. The van der Waals surface area contributed by atoms with Crippen LogP contribution >= 0.6 is 11.3 Å². The van der Waals surface area contributed by atoms with Gasteiger partial charge in [0, 0.05) is 18.7 Å². The Bertz CT molecular complexity index is 429. The SMILES string of the molecule is COCc1ccsc1C(=O)NC(C)C(C)C(=O)O. The van der Waals surface area contributed by atoms with Crippen LogP contribution in [0.1, 0.15) is 29.1 Å². The molecule has 100 valence electrons. The van der Waals surface area contributed by atoms with E-state index in [4.69, 9.17) is 9.84 Å². The van der Waals surface area contributed by atoms with E-state index in [0.29, 0.717) is 11.5 Å². The zero-order chi connectivity index (χ0) is 13.7.